The highest BCUT2D eigenvalue weighted by molar-refractivity contribution is 7.91. The third-order valence-electron chi connectivity index (χ3n) is 8.11. The van der Waals surface area contributed by atoms with Gasteiger partial charge in [0.25, 0.3) is 0 Å². The molecule has 1 saturated heterocycles. The highest BCUT2D eigenvalue weighted by Gasteiger charge is 2.33. The van der Waals surface area contributed by atoms with Crippen molar-refractivity contribution in [3.8, 4) is 0 Å². The summed E-state index contributed by atoms with van der Waals surface area (Å²) in [5.41, 5.74) is 3.21. The summed E-state index contributed by atoms with van der Waals surface area (Å²) in [5, 5.41) is 9.60. The molecule has 1 aliphatic rings. The van der Waals surface area contributed by atoms with Gasteiger partial charge in [0.2, 0.25) is 5.91 Å². The summed E-state index contributed by atoms with van der Waals surface area (Å²) in [7, 11) is -2.30. The fourth-order valence-electron chi connectivity index (χ4n) is 5.80. The number of morpholine rings is 1. The quantitative estimate of drug-likeness (QED) is 0.179. The Kier molecular flexibility index (Phi) is 11.7. The van der Waals surface area contributed by atoms with E-state index in [0.29, 0.717) is 36.6 Å². The first-order valence-electron chi connectivity index (χ1n) is 15.4. The predicted molar refractivity (Wildman–Crippen MR) is 182 cm³/mol. The Hall–Kier alpha value is -4.22. The highest BCUT2D eigenvalue weighted by Crippen LogP contribution is 2.30. The van der Waals surface area contributed by atoms with Crippen LogP contribution >= 0.6 is 11.6 Å². The molecule has 5 rings (SSSR count). The molecule has 0 aromatic heterocycles. The van der Waals surface area contributed by atoms with Crippen LogP contribution in [-0.4, -0.2) is 64.6 Å². The summed E-state index contributed by atoms with van der Waals surface area (Å²) in [4.78, 5) is 26.8. The van der Waals surface area contributed by atoms with E-state index in [2.05, 4.69) is 16.0 Å². The van der Waals surface area contributed by atoms with Gasteiger partial charge in [-0.1, -0.05) is 90.5 Å². The number of sulfone groups is 1. The van der Waals surface area contributed by atoms with Gasteiger partial charge in [-0.15, -0.1) is 0 Å². The van der Waals surface area contributed by atoms with E-state index in [9.17, 15) is 18.0 Å². The summed E-state index contributed by atoms with van der Waals surface area (Å²) in [6.07, 6.45) is -0.299. The molecular weight excluding hydrogens is 638 g/mol. The zero-order valence-corrected chi connectivity index (χ0v) is 27.5. The Morgan fingerprint density at radius 2 is 1.47 bits per heavy atom. The number of carbonyl (C=O) groups is 2. The van der Waals surface area contributed by atoms with E-state index in [1.165, 1.54) is 19.2 Å². The number of hydrogen-bond acceptors (Lipinski definition) is 7. The molecule has 11 heteroatoms. The molecule has 4 aromatic carbocycles. The Balaban J connectivity index is 1.29. The number of rotatable bonds is 12. The van der Waals surface area contributed by atoms with Crippen LogP contribution in [0.3, 0.4) is 0 Å². The van der Waals surface area contributed by atoms with E-state index in [1.807, 2.05) is 84.9 Å². The van der Waals surface area contributed by atoms with Crippen molar-refractivity contribution in [2.45, 2.75) is 41.9 Å². The van der Waals surface area contributed by atoms with Crippen molar-refractivity contribution in [2.24, 2.45) is 0 Å². The molecule has 1 fully saturated rings. The molecule has 47 heavy (non-hydrogen) atoms. The van der Waals surface area contributed by atoms with Crippen molar-refractivity contribution in [1.29, 1.82) is 0 Å². The number of hydrogen-bond donors (Lipinski definition) is 3. The number of para-hydroxylation sites is 1. The molecule has 1 heterocycles. The lowest BCUT2D eigenvalue weighted by Gasteiger charge is -2.31. The minimum atomic E-state index is -3.56. The molecule has 1 aliphatic heterocycles. The van der Waals surface area contributed by atoms with Gasteiger partial charge in [0.05, 0.1) is 30.0 Å². The third kappa shape index (κ3) is 9.20. The van der Waals surface area contributed by atoms with Crippen molar-refractivity contribution < 1.29 is 27.5 Å². The summed E-state index contributed by atoms with van der Waals surface area (Å²) in [6, 6.07) is 31.7. The van der Waals surface area contributed by atoms with E-state index in [1.54, 1.807) is 12.1 Å². The fraction of sp³-hybridized carbons (Fsp3) is 0.278. The van der Waals surface area contributed by atoms with Crippen LogP contribution in [0.15, 0.2) is 114 Å². The van der Waals surface area contributed by atoms with Gasteiger partial charge >= 0.3 is 6.09 Å². The van der Waals surface area contributed by atoms with Crippen LogP contribution in [0.4, 0.5) is 10.5 Å². The predicted octanol–water partition coefficient (Wildman–Crippen LogP) is 5.60. The Morgan fingerprint density at radius 3 is 2.11 bits per heavy atom. The van der Waals surface area contributed by atoms with E-state index in [4.69, 9.17) is 21.1 Å². The van der Waals surface area contributed by atoms with Crippen LogP contribution in [0.25, 0.3) is 0 Å². The zero-order valence-electron chi connectivity index (χ0n) is 26.0. The number of anilines is 1. The zero-order chi connectivity index (χ0) is 33.2. The molecule has 3 atom stereocenters. The van der Waals surface area contributed by atoms with Gasteiger partial charge in [-0.2, -0.15) is 0 Å². The number of nitrogens with one attached hydrogen (secondary N) is 3. The van der Waals surface area contributed by atoms with Gasteiger partial charge in [-0.3, -0.25) is 4.79 Å². The number of halogens is 1. The van der Waals surface area contributed by atoms with E-state index in [-0.39, 0.29) is 16.8 Å². The number of benzene rings is 4. The molecule has 2 amide bonds. The van der Waals surface area contributed by atoms with E-state index >= 15 is 0 Å². The molecule has 0 radical (unpaired) electrons. The average Bonchev–Trinajstić information content (AvgIpc) is 3.08. The van der Waals surface area contributed by atoms with Gasteiger partial charge < -0.3 is 25.4 Å². The second-order valence-electron chi connectivity index (χ2n) is 11.4. The topological polar surface area (TPSA) is 123 Å². The maximum Gasteiger partial charge on any atom is 0.407 e. The lowest BCUT2D eigenvalue weighted by molar-refractivity contribution is -0.118. The summed E-state index contributed by atoms with van der Waals surface area (Å²) in [6.45, 7) is 1.00. The number of alkyl carbamates (subject to hydrolysis) is 1. The normalized spacial score (nSPS) is 17.1. The molecule has 3 N–H and O–H groups in total. The monoisotopic (exact) mass is 675 g/mol. The van der Waals surface area contributed by atoms with Gasteiger partial charge in [-0.05, 0) is 59.9 Å². The van der Waals surface area contributed by atoms with Crippen molar-refractivity contribution in [3.05, 3.63) is 131 Å². The lowest BCUT2D eigenvalue weighted by Crippen LogP contribution is -2.48. The molecule has 0 saturated carbocycles. The summed E-state index contributed by atoms with van der Waals surface area (Å²) >= 11 is 5.93. The number of methoxy groups -OCH3 is 1. The Bertz CT molecular complexity index is 1700. The Morgan fingerprint density at radius 1 is 0.872 bits per heavy atom. The first kappa shape index (κ1) is 34.1. The third-order valence-corrected chi connectivity index (χ3v) is 10.2. The molecule has 4 aromatic rings. The minimum Gasteiger partial charge on any atom is -0.453 e. The summed E-state index contributed by atoms with van der Waals surface area (Å²) < 4.78 is 37.1. The van der Waals surface area contributed by atoms with Crippen molar-refractivity contribution >= 4 is 39.1 Å². The SMILES string of the molecule is COC(=O)NC(C(=O)Nc1ccccc1CC[C@H]1CNC[C@@H](CS(=O)(=O)c2ccc(Cl)cc2)O1)C(c1ccccc1)c1ccccc1. The van der Waals surface area contributed by atoms with Crippen LogP contribution in [0.1, 0.15) is 29.0 Å². The molecule has 0 bridgehead atoms. The van der Waals surface area contributed by atoms with Crippen LogP contribution in [-0.2, 0) is 30.5 Å². The van der Waals surface area contributed by atoms with Gasteiger partial charge in [0, 0.05) is 29.7 Å². The maximum atomic E-state index is 14.0. The standard InChI is InChI=1S/C36H38ClN3O6S/c1-45-36(42)40-34(33(26-11-4-2-5-12-26)27-13-6-3-7-14-27)35(41)39-32-15-9-8-10-25(32)16-19-29-22-38-23-30(46-29)24-47(43,44)31-20-17-28(37)18-21-31/h2-15,17-18,20-21,29-30,33-34,38H,16,19,22-24H2,1H3,(H,39,41)(H,40,42)/t29-,30-,34?/m0/s1. The minimum absolute atomic E-state index is 0.149. The first-order chi connectivity index (χ1) is 22.7. The van der Waals surface area contributed by atoms with Gasteiger partial charge in [0.15, 0.2) is 9.84 Å². The summed E-state index contributed by atoms with van der Waals surface area (Å²) in [5.74, 6) is -1.04. The van der Waals surface area contributed by atoms with Crippen LogP contribution in [0.5, 0.6) is 0 Å². The number of ether oxygens (including phenoxy) is 2. The molecule has 1 unspecified atom stereocenters. The van der Waals surface area contributed by atoms with E-state index < -0.39 is 39.9 Å². The van der Waals surface area contributed by atoms with E-state index in [0.717, 1.165) is 16.7 Å². The average molecular weight is 676 g/mol. The molecule has 9 nitrogen and oxygen atoms in total. The molecule has 246 valence electrons. The van der Waals surface area contributed by atoms with Crippen LogP contribution in [0.2, 0.25) is 5.02 Å². The van der Waals surface area contributed by atoms with Crippen molar-refractivity contribution in [2.75, 3.05) is 31.3 Å². The van der Waals surface area contributed by atoms with Crippen molar-refractivity contribution in [3.63, 3.8) is 0 Å². The largest absolute Gasteiger partial charge is 0.453 e. The number of carbonyl (C=O) groups excluding carboxylic acids is 2. The van der Waals surface area contributed by atoms with Gasteiger partial charge in [0.1, 0.15) is 6.04 Å². The fourth-order valence-corrected chi connectivity index (χ4v) is 7.35. The Labute approximate surface area is 280 Å². The number of amides is 2. The van der Waals surface area contributed by atoms with Gasteiger partial charge in [-0.25, -0.2) is 13.2 Å². The second-order valence-corrected chi connectivity index (χ2v) is 13.8. The highest BCUT2D eigenvalue weighted by atomic mass is 35.5. The molecule has 0 spiro atoms. The maximum absolute atomic E-state index is 14.0. The van der Waals surface area contributed by atoms with Crippen LogP contribution in [0, 0.1) is 0 Å². The second kappa shape index (κ2) is 16.1. The number of aryl methyl sites for hydroxylation is 1. The lowest BCUT2D eigenvalue weighted by atomic mass is 9.84. The first-order valence-corrected chi connectivity index (χ1v) is 17.4. The smallest absolute Gasteiger partial charge is 0.407 e. The molecular formula is C36H38ClN3O6S. The van der Waals surface area contributed by atoms with Crippen LogP contribution < -0.4 is 16.0 Å². The molecule has 0 aliphatic carbocycles. The van der Waals surface area contributed by atoms with Crippen molar-refractivity contribution in [1.82, 2.24) is 10.6 Å².